The van der Waals surface area contributed by atoms with Crippen LogP contribution in [0.25, 0.3) is 10.6 Å². The summed E-state index contributed by atoms with van der Waals surface area (Å²) in [6.07, 6.45) is 0.418. The van der Waals surface area contributed by atoms with Crippen molar-refractivity contribution in [2.24, 2.45) is 0 Å². The maximum atomic E-state index is 12.7. The Morgan fingerprint density at radius 3 is 2.56 bits per heavy atom. The van der Waals surface area contributed by atoms with E-state index in [1.807, 2.05) is 12.1 Å². The van der Waals surface area contributed by atoms with Gasteiger partial charge in [0.25, 0.3) is 5.91 Å². The van der Waals surface area contributed by atoms with Gasteiger partial charge >= 0.3 is 0 Å². The molecule has 7 nitrogen and oxygen atoms in total. The molecule has 0 saturated carbocycles. The van der Waals surface area contributed by atoms with Crippen LogP contribution in [0.3, 0.4) is 0 Å². The lowest BCUT2D eigenvalue weighted by Gasteiger charge is -2.23. The number of ether oxygens (including phenoxy) is 2. The maximum absolute atomic E-state index is 12.7. The number of benzene rings is 1. The van der Waals surface area contributed by atoms with E-state index in [4.69, 9.17) is 9.47 Å². The highest BCUT2D eigenvalue weighted by Gasteiger charge is 2.40. The number of aromatic nitrogens is 1. The van der Waals surface area contributed by atoms with Crippen LogP contribution in [-0.4, -0.2) is 50.6 Å². The van der Waals surface area contributed by atoms with E-state index in [1.54, 1.807) is 34.1 Å². The number of aryl methyl sites for hydroxylation is 1. The zero-order valence-corrected chi connectivity index (χ0v) is 17.3. The average molecular weight is 411 g/mol. The van der Waals surface area contributed by atoms with Gasteiger partial charge < -0.3 is 14.8 Å². The van der Waals surface area contributed by atoms with Gasteiger partial charge in [0.05, 0.1) is 37.0 Å². The summed E-state index contributed by atoms with van der Waals surface area (Å²) >= 11 is 1.27. The lowest BCUT2D eigenvalue weighted by molar-refractivity contribution is 0.0919. The first kappa shape index (κ1) is 19.6. The van der Waals surface area contributed by atoms with E-state index in [2.05, 4.69) is 10.3 Å². The van der Waals surface area contributed by atoms with Gasteiger partial charge in [0.15, 0.2) is 21.3 Å². The van der Waals surface area contributed by atoms with E-state index in [-0.39, 0.29) is 17.4 Å². The Hall–Kier alpha value is -2.13. The minimum atomic E-state index is -3.10. The highest BCUT2D eigenvalue weighted by molar-refractivity contribution is 7.91. The molecule has 1 amide bonds. The highest BCUT2D eigenvalue weighted by Crippen LogP contribution is 2.35. The van der Waals surface area contributed by atoms with Gasteiger partial charge in [-0.05, 0) is 38.5 Å². The van der Waals surface area contributed by atoms with Crippen molar-refractivity contribution in [1.29, 1.82) is 0 Å². The van der Waals surface area contributed by atoms with E-state index < -0.39 is 15.4 Å². The first-order valence-corrected chi connectivity index (χ1v) is 11.0. The number of methoxy groups -OCH3 is 2. The van der Waals surface area contributed by atoms with E-state index in [0.29, 0.717) is 33.5 Å². The molecule has 3 rings (SSSR count). The molecule has 146 valence electrons. The Bertz CT molecular complexity index is 984. The zero-order valence-electron chi connectivity index (χ0n) is 15.7. The zero-order chi connectivity index (χ0) is 19.8. The molecule has 1 aromatic heterocycles. The fourth-order valence-corrected chi connectivity index (χ4v) is 6.19. The van der Waals surface area contributed by atoms with Crippen LogP contribution >= 0.6 is 11.3 Å². The molecule has 1 N–H and O–H groups in total. The Labute approximate surface area is 162 Å². The normalized spacial score (nSPS) is 21.0. The molecular formula is C18H22N2O5S2. The number of hydrogen-bond donors (Lipinski definition) is 1. The van der Waals surface area contributed by atoms with E-state index in [9.17, 15) is 13.2 Å². The molecule has 1 aliphatic heterocycles. The van der Waals surface area contributed by atoms with Crippen LogP contribution in [0.2, 0.25) is 0 Å². The third-order valence-electron chi connectivity index (χ3n) is 4.55. The molecule has 9 heteroatoms. The molecule has 0 aliphatic carbocycles. The Morgan fingerprint density at radius 1 is 1.26 bits per heavy atom. The summed E-state index contributed by atoms with van der Waals surface area (Å²) in [4.78, 5) is 17.7. The topological polar surface area (TPSA) is 94.6 Å². The highest BCUT2D eigenvalue weighted by atomic mass is 32.2. The van der Waals surface area contributed by atoms with Crippen LogP contribution in [-0.2, 0) is 9.84 Å². The van der Waals surface area contributed by atoms with Gasteiger partial charge in [-0.15, -0.1) is 11.3 Å². The number of carbonyl (C=O) groups excluding carboxylic acids is 1. The second-order valence-corrected chi connectivity index (χ2v) is 10.0. The molecule has 1 saturated heterocycles. The lowest BCUT2D eigenvalue weighted by Crippen LogP contribution is -2.46. The van der Waals surface area contributed by atoms with Gasteiger partial charge in [-0.3, -0.25) is 4.79 Å². The number of thiazole rings is 1. The van der Waals surface area contributed by atoms with E-state index in [0.717, 1.165) is 5.56 Å². The predicted octanol–water partition coefficient (Wildman–Crippen LogP) is 2.44. The van der Waals surface area contributed by atoms with Crippen LogP contribution in [0.15, 0.2) is 18.2 Å². The van der Waals surface area contributed by atoms with E-state index >= 15 is 0 Å². The average Bonchev–Trinajstić information content (AvgIpc) is 3.13. The summed E-state index contributed by atoms with van der Waals surface area (Å²) < 4.78 is 34.1. The molecule has 1 atom stereocenters. The SMILES string of the molecule is COc1ccc(-c2nc(C)c(C(=O)N[C@]3(C)CCS(=O)(=O)C3)s2)cc1OC. The second-order valence-electron chi connectivity index (χ2n) is 6.86. The van der Waals surface area contributed by atoms with Crippen molar-refractivity contribution in [2.75, 3.05) is 25.7 Å². The third-order valence-corrected chi connectivity index (χ3v) is 7.66. The number of rotatable bonds is 5. The maximum Gasteiger partial charge on any atom is 0.263 e. The Kier molecular flexibility index (Phi) is 5.18. The molecule has 2 heterocycles. The van der Waals surface area contributed by atoms with Crippen molar-refractivity contribution < 1.29 is 22.7 Å². The molecule has 2 aromatic rings. The quantitative estimate of drug-likeness (QED) is 0.814. The fourth-order valence-electron chi connectivity index (χ4n) is 3.14. The predicted molar refractivity (Wildman–Crippen MR) is 105 cm³/mol. The van der Waals surface area contributed by atoms with Crippen molar-refractivity contribution in [1.82, 2.24) is 10.3 Å². The summed E-state index contributed by atoms with van der Waals surface area (Å²) in [5, 5.41) is 3.56. The molecule has 1 fully saturated rings. The number of sulfone groups is 1. The fraction of sp³-hybridized carbons (Fsp3) is 0.444. The van der Waals surface area contributed by atoms with Crippen LogP contribution in [0.1, 0.15) is 28.7 Å². The summed E-state index contributed by atoms with van der Waals surface area (Å²) in [7, 11) is 0.0296. The van der Waals surface area contributed by atoms with Gasteiger partial charge in [0.1, 0.15) is 9.88 Å². The molecule has 0 bridgehead atoms. The molecular weight excluding hydrogens is 388 g/mol. The standard InChI is InChI=1S/C18H22N2O5S2/c1-11-15(16(21)20-18(2)7-8-27(22,23)10-18)26-17(19-11)12-5-6-13(24-3)14(9-12)25-4/h5-6,9H,7-8,10H2,1-4H3,(H,20,21)/t18-/m1/s1. The molecule has 0 unspecified atom stereocenters. The number of nitrogens with one attached hydrogen (secondary N) is 1. The second kappa shape index (κ2) is 7.12. The van der Waals surface area contributed by atoms with Gasteiger partial charge in [-0.2, -0.15) is 0 Å². The van der Waals surface area contributed by atoms with Gasteiger partial charge in [0, 0.05) is 5.56 Å². The smallest absolute Gasteiger partial charge is 0.263 e. The molecule has 27 heavy (non-hydrogen) atoms. The number of carbonyl (C=O) groups is 1. The van der Waals surface area contributed by atoms with Crippen LogP contribution in [0, 0.1) is 6.92 Å². The van der Waals surface area contributed by atoms with Crippen molar-refractivity contribution in [3.05, 3.63) is 28.8 Å². The molecule has 1 aliphatic rings. The van der Waals surface area contributed by atoms with Crippen molar-refractivity contribution >= 4 is 27.1 Å². The van der Waals surface area contributed by atoms with Gasteiger partial charge in [-0.1, -0.05) is 0 Å². The molecule has 1 aromatic carbocycles. The number of nitrogens with zero attached hydrogens (tertiary/aromatic N) is 1. The minimum Gasteiger partial charge on any atom is -0.493 e. The monoisotopic (exact) mass is 410 g/mol. The van der Waals surface area contributed by atoms with Crippen LogP contribution in [0.4, 0.5) is 0 Å². The first-order chi connectivity index (χ1) is 12.7. The summed E-state index contributed by atoms with van der Waals surface area (Å²) in [5.41, 5.74) is 0.678. The summed E-state index contributed by atoms with van der Waals surface area (Å²) in [5.74, 6) is 0.964. The third kappa shape index (κ3) is 4.08. The van der Waals surface area contributed by atoms with Crippen molar-refractivity contribution in [2.45, 2.75) is 25.8 Å². The van der Waals surface area contributed by atoms with Crippen LogP contribution in [0.5, 0.6) is 11.5 Å². The molecule has 0 spiro atoms. The molecule has 0 radical (unpaired) electrons. The minimum absolute atomic E-state index is 0.0356. The summed E-state index contributed by atoms with van der Waals surface area (Å²) in [6.45, 7) is 3.53. The number of hydrogen-bond acceptors (Lipinski definition) is 7. The number of amides is 1. The van der Waals surface area contributed by atoms with E-state index in [1.165, 1.54) is 11.3 Å². The summed E-state index contributed by atoms with van der Waals surface area (Å²) in [6, 6.07) is 5.45. The Balaban J connectivity index is 1.85. The van der Waals surface area contributed by atoms with Crippen molar-refractivity contribution in [3.63, 3.8) is 0 Å². The Morgan fingerprint density at radius 2 is 1.96 bits per heavy atom. The first-order valence-electron chi connectivity index (χ1n) is 8.39. The van der Waals surface area contributed by atoms with Crippen LogP contribution < -0.4 is 14.8 Å². The lowest BCUT2D eigenvalue weighted by atomic mass is 10.0. The largest absolute Gasteiger partial charge is 0.493 e. The van der Waals surface area contributed by atoms with Gasteiger partial charge in [-0.25, -0.2) is 13.4 Å². The van der Waals surface area contributed by atoms with Crippen molar-refractivity contribution in [3.8, 4) is 22.1 Å². The van der Waals surface area contributed by atoms with Gasteiger partial charge in [0.2, 0.25) is 0 Å².